The number of amides is 1. The van der Waals surface area contributed by atoms with E-state index in [0.29, 0.717) is 22.3 Å². The molecule has 2 N–H and O–H groups in total. The monoisotopic (exact) mass is 471 g/mol. The van der Waals surface area contributed by atoms with Gasteiger partial charge in [-0.05, 0) is 58.8 Å². The van der Waals surface area contributed by atoms with Crippen LogP contribution >= 0.6 is 28.1 Å². The van der Waals surface area contributed by atoms with Crippen molar-refractivity contribution in [1.29, 1.82) is 0 Å². The molecule has 2 aromatic rings. The van der Waals surface area contributed by atoms with Crippen LogP contribution in [0.4, 0.5) is 14.5 Å². The Hall–Kier alpha value is -2.13. The van der Waals surface area contributed by atoms with Crippen LogP contribution < -0.4 is 15.4 Å². The minimum atomic E-state index is -2.70. The van der Waals surface area contributed by atoms with Gasteiger partial charge in [-0.1, -0.05) is 19.8 Å². The van der Waals surface area contributed by atoms with Crippen LogP contribution in [0.1, 0.15) is 48.5 Å². The number of rotatable bonds is 8. The van der Waals surface area contributed by atoms with E-state index in [4.69, 9.17) is 17.0 Å². The summed E-state index contributed by atoms with van der Waals surface area (Å²) in [5, 5.41) is 5.21. The molecule has 28 heavy (non-hydrogen) atoms. The number of carbonyl (C=O) groups is 1. The van der Waals surface area contributed by atoms with Gasteiger partial charge in [-0.25, -0.2) is 8.78 Å². The number of carbonyl (C=O) groups excluding carboxylic acids is 1. The summed E-state index contributed by atoms with van der Waals surface area (Å²) >= 11 is 8.32. The van der Waals surface area contributed by atoms with Gasteiger partial charge in [0.05, 0.1) is 17.7 Å². The van der Waals surface area contributed by atoms with Crippen LogP contribution in [0.3, 0.4) is 0 Å². The number of aromatic nitrogens is 1. The first-order valence-corrected chi connectivity index (χ1v) is 9.88. The van der Waals surface area contributed by atoms with Crippen molar-refractivity contribution < 1.29 is 18.3 Å². The van der Waals surface area contributed by atoms with Crippen LogP contribution in [-0.4, -0.2) is 22.6 Å². The van der Waals surface area contributed by atoms with Gasteiger partial charge in [0, 0.05) is 22.6 Å². The van der Waals surface area contributed by atoms with Crippen molar-refractivity contribution in [2.45, 2.75) is 32.6 Å². The Bertz CT molecular complexity index is 837. The number of nitrogens with zero attached hydrogens (tertiary/aromatic N) is 1. The van der Waals surface area contributed by atoms with Crippen LogP contribution in [0, 0.1) is 0 Å². The topological polar surface area (TPSA) is 63.2 Å². The number of pyridine rings is 1. The second-order valence-corrected chi connectivity index (χ2v) is 7.23. The number of hydrogen-bond donors (Lipinski definition) is 2. The smallest absolute Gasteiger partial charge is 0.267 e. The maximum absolute atomic E-state index is 13.4. The van der Waals surface area contributed by atoms with Crippen molar-refractivity contribution in [2.75, 3.05) is 11.9 Å². The van der Waals surface area contributed by atoms with Gasteiger partial charge in [0.25, 0.3) is 12.3 Å². The molecule has 0 aliphatic heterocycles. The van der Waals surface area contributed by atoms with Gasteiger partial charge in [-0.15, -0.1) is 0 Å². The second kappa shape index (κ2) is 11.0. The van der Waals surface area contributed by atoms with Crippen LogP contribution in [-0.2, 0) is 0 Å². The summed E-state index contributed by atoms with van der Waals surface area (Å²) < 4.78 is 32.9. The molecule has 0 saturated heterocycles. The fraction of sp³-hybridized carbons (Fsp3) is 0.316. The Morgan fingerprint density at radius 1 is 1.29 bits per heavy atom. The predicted molar refractivity (Wildman–Crippen MR) is 112 cm³/mol. The molecule has 0 aliphatic carbocycles. The van der Waals surface area contributed by atoms with E-state index in [2.05, 4.69) is 38.5 Å². The van der Waals surface area contributed by atoms with E-state index in [1.807, 2.05) is 0 Å². The van der Waals surface area contributed by atoms with Crippen LogP contribution in [0.25, 0.3) is 0 Å². The average molecular weight is 472 g/mol. The highest BCUT2D eigenvalue weighted by Gasteiger charge is 2.16. The van der Waals surface area contributed by atoms with Crippen LogP contribution in [0.5, 0.6) is 5.75 Å². The van der Waals surface area contributed by atoms with Gasteiger partial charge >= 0.3 is 0 Å². The number of benzene rings is 1. The lowest BCUT2D eigenvalue weighted by atomic mass is 10.2. The molecule has 5 nitrogen and oxygen atoms in total. The molecule has 1 amide bonds. The summed E-state index contributed by atoms with van der Waals surface area (Å²) in [4.78, 5) is 16.1. The maximum atomic E-state index is 13.4. The minimum Gasteiger partial charge on any atom is -0.493 e. The summed E-state index contributed by atoms with van der Waals surface area (Å²) in [5.41, 5.74) is 0.406. The first-order chi connectivity index (χ1) is 13.4. The van der Waals surface area contributed by atoms with Crippen molar-refractivity contribution in [2.24, 2.45) is 0 Å². The highest BCUT2D eigenvalue weighted by Crippen LogP contribution is 2.31. The lowest BCUT2D eigenvalue weighted by Crippen LogP contribution is -2.34. The number of halogens is 3. The summed E-state index contributed by atoms with van der Waals surface area (Å²) in [7, 11) is 0. The SMILES string of the molecule is CCCCCOc1ccc(NC(=S)NC(=O)c2cncc(Br)c2)cc1C(F)F. The Morgan fingerprint density at radius 3 is 2.75 bits per heavy atom. The zero-order valence-electron chi connectivity index (χ0n) is 15.2. The number of hydrogen-bond acceptors (Lipinski definition) is 4. The minimum absolute atomic E-state index is 0.0122. The number of anilines is 1. The van der Waals surface area contributed by atoms with E-state index in [9.17, 15) is 13.6 Å². The molecular weight excluding hydrogens is 452 g/mol. The molecule has 0 atom stereocenters. The Balaban J connectivity index is 2.01. The number of nitrogens with one attached hydrogen (secondary N) is 2. The molecule has 0 spiro atoms. The molecule has 150 valence electrons. The van der Waals surface area contributed by atoms with Gasteiger partial charge in [-0.2, -0.15) is 0 Å². The highest BCUT2D eigenvalue weighted by molar-refractivity contribution is 9.10. The van der Waals surface area contributed by atoms with Crippen molar-refractivity contribution in [3.63, 3.8) is 0 Å². The first kappa shape index (κ1) is 22.2. The van der Waals surface area contributed by atoms with Gasteiger partial charge in [0.2, 0.25) is 0 Å². The lowest BCUT2D eigenvalue weighted by molar-refractivity contribution is 0.0977. The summed E-state index contributed by atoms with van der Waals surface area (Å²) in [6, 6.07) is 5.89. The zero-order valence-corrected chi connectivity index (χ0v) is 17.6. The van der Waals surface area contributed by atoms with Gasteiger partial charge in [0.1, 0.15) is 5.75 Å². The number of thiocarbonyl (C=S) groups is 1. The largest absolute Gasteiger partial charge is 0.493 e. The van der Waals surface area contributed by atoms with E-state index in [1.165, 1.54) is 18.3 Å². The molecule has 0 aliphatic rings. The van der Waals surface area contributed by atoms with Crippen molar-refractivity contribution in [1.82, 2.24) is 10.3 Å². The Kier molecular flexibility index (Phi) is 8.72. The summed E-state index contributed by atoms with van der Waals surface area (Å²) in [6.45, 7) is 2.44. The maximum Gasteiger partial charge on any atom is 0.267 e. The fourth-order valence-corrected chi connectivity index (χ4v) is 2.91. The fourth-order valence-electron chi connectivity index (χ4n) is 2.34. The van der Waals surface area contributed by atoms with Gasteiger partial charge < -0.3 is 10.1 Å². The molecular formula is C19H20BrF2N3O2S. The Morgan fingerprint density at radius 2 is 2.07 bits per heavy atom. The van der Waals surface area contributed by atoms with Crippen LogP contribution in [0.2, 0.25) is 0 Å². The van der Waals surface area contributed by atoms with E-state index in [-0.39, 0.29) is 16.4 Å². The first-order valence-electron chi connectivity index (χ1n) is 8.68. The second-order valence-electron chi connectivity index (χ2n) is 5.91. The van der Waals surface area contributed by atoms with Gasteiger partial charge in [-0.3, -0.25) is 15.1 Å². The van der Waals surface area contributed by atoms with E-state index in [0.717, 1.165) is 19.3 Å². The molecule has 2 rings (SSSR count). The summed E-state index contributed by atoms with van der Waals surface area (Å²) in [5.74, 6) is -0.317. The lowest BCUT2D eigenvalue weighted by Gasteiger charge is -2.14. The molecule has 9 heteroatoms. The van der Waals surface area contributed by atoms with Crippen LogP contribution in [0.15, 0.2) is 41.1 Å². The van der Waals surface area contributed by atoms with E-state index >= 15 is 0 Å². The molecule has 0 bridgehead atoms. The standard InChI is InChI=1S/C19H20BrF2N3O2S/c1-2-3-4-7-27-16-6-5-14(9-15(16)17(21)22)24-19(28)25-18(26)12-8-13(20)11-23-10-12/h5-6,8-11,17H,2-4,7H2,1H3,(H2,24,25,26,28). The highest BCUT2D eigenvalue weighted by atomic mass is 79.9. The average Bonchev–Trinajstić information content (AvgIpc) is 2.65. The molecule has 0 radical (unpaired) electrons. The molecule has 0 saturated carbocycles. The quantitative estimate of drug-likeness (QED) is 0.394. The third kappa shape index (κ3) is 6.79. The van der Waals surface area contributed by atoms with Gasteiger partial charge in [0.15, 0.2) is 5.11 Å². The number of ether oxygens (including phenoxy) is 1. The molecule has 1 aromatic carbocycles. The molecule has 0 fully saturated rings. The molecule has 0 unspecified atom stereocenters. The number of alkyl halides is 2. The Labute approximate surface area is 176 Å². The van der Waals surface area contributed by atoms with Crippen molar-refractivity contribution >= 4 is 44.9 Å². The molecule has 1 heterocycles. The van der Waals surface area contributed by atoms with Crippen molar-refractivity contribution in [3.05, 3.63) is 52.3 Å². The summed E-state index contributed by atoms with van der Waals surface area (Å²) in [6.07, 6.45) is 3.05. The van der Waals surface area contributed by atoms with Crippen molar-refractivity contribution in [3.8, 4) is 5.75 Å². The van der Waals surface area contributed by atoms with E-state index in [1.54, 1.807) is 18.3 Å². The third-order valence-electron chi connectivity index (χ3n) is 3.70. The zero-order chi connectivity index (χ0) is 20.5. The number of unbranched alkanes of at least 4 members (excludes halogenated alkanes) is 2. The molecule has 1 aromatic heterocycles. The van der Waals surface area contributed by atoms with E-state index < -0.39 is 12.3 Å². The third-order valence-corrected chi connectivity index (χ3v) is 4.34. The predicted octanol–water partition coefficient (Wildman–Crippen LogP) is 5.48. The normalized spacial score (nSPS) is 10.6.